The van der Waals surface area contributed by atoms with Gasteiger partial charge in [0.05, 0.1) is 14.2 Å². The number of hydrogen-bond acceptors (Lipinski definition) is 4. The highest BCUT2D eigenvalue weighted by molar-refractivity contribution is 14.1. The molecule has 33 heavy (non-hydrogen) atoms. The van der Waals surface area contributed by atoms with Gasteiger partial charge in [0, 0.05) is 17.1 Å². The average molecular weight is 593 g/mol. The van der Waals surface area contributed by atoms with Crippen LogP contribution in [0.4, 0.5) is 10.1 Å². The third kappa shape index (κ3) is 5.77. The third-order valence-electron chi connectivity index (χ3n) is 4.85. The molecule has 1 heterocycles. The van der Waals surface area contributed by atoms with Crippen molar-refractivity contribution in [3.63, 3.8) is 0 Å². The fourth-order valence-corrected chi connectivity index (χ4v) is 5.09. The molecule has 1 amide bonds. The fraction of sp³-hybridized carbons (Fsp3) is 0.120. The lowest BCUT2D eigenvalue weighted by Gasteiger charge is -2.12. The molecule has 0 radical (unpaired) electrons. The number of carbonyl (C=O) groups is 1. The van der Waals surface area contributed by atoms with Crippen LogP contribution >= 0.6 is 46.0 Å². The smallest absolute Gasteiger partial charge is 0.266 e. The zero-order chi connectivity index (χ0) is 23.4. The van der Waals surface area contributed by atoms with E-state index in [1.165, 1.54) is 23.9 Å². The first kappa shape index (κ1) is 23.8. The number of aliphatic imine (C=N–C) groups is 1. The Kier molecular flexibility index (Phi) is 7.72. The Labute approximate surface area is 214 Å². The number of likely N-dealkylation sites (N-methyl/N-ethyl adjacent to an activating group) is 1. The van der Waals surface area contributed by atoms with E-state index in [-0.39, 0.29) is 11.7 Å². The Morgan fingerprint density at radius 3 is 2.61 bits per heavy atom. The highest BCUT2D eigenvalue weighted by Gasteiger charge is 2.32. The monoisotopic (exact) mass is 592 g/mol. The molecule has 1 aliphatic rings. The van der Waals surface area contributed by atoms with Crippen LogP contribution in [0.3, 0.4) is 0 Å². The summed E-state index contributed by atoms with van der Waals surface area (Å²) >= 11 is 9.73. The summed E-state index contributed by atoms with van der Waals surface area (Å²) < 4.78 is 20.0. The van der Waals surface area contributed by atoms with Gasteiger partial charge in [0.2, 0.25) is 0 Å². The van der Waals surface area contributed by atoms with Crippen molar-refractivity contribution < 1.29 is 13.9 Å². The van der Waals surface area contributed by atoms with Gasteiger partial charge in [-0.15, -0.1) is 0 Å². The third-order valence-corrected chi connectivity index (χ3v) is 7.07. The summed E-state index contributed by atoms with van der Waals surface area (Å²) in [6.07, 6.45) is 1.85. The molecule has 0 unspecified atom stereocenters. The lowest BCUT2D eigenvalue weighted by atomic mass is 10.2. The van der Waals surface area contributed by atoms with Crippen molar-refractivity contribution in [1.82, 2.24) is 4.90 Å². The molecule has 0 aliphatic carbocycles. The summed E-state index contributed by atoms with van der Waals surface area (Å²) in [5.74, 6) is 0.324. The molecule has 0 spiro atoms. The van der Waals surface area contributed by atoms with Gasteiger partial charge in [0.25, 0.3) is 5.91 Å². The summed E-state index contributed by atoms with van der Waals surface area (Å²) in [4.78, 5) is 19.6. The maximum Gasteiger partial charge on any atom is 0.266 e. The Morgan fingerprint density at radius 2 is 1.91 bits per heavy atom. The van der Waals surface area contributed by atoms with E-state index in [9.17, 15) is 9.18 Å². The van der Waals surface area contributed by atoms with Gasteiger partial charge >= 0.3 is 0 Å². The van der Waals surface area contributed by atoms with Crippen LogP contribution < -0.4 is 4.74 Å². The topological polar surface area (TPSA) is 41.9 Å². The van der Waals surface area contributed by atoms with E-state index in [1.54, 1.807) is 17.0 Å². The van der Waals surface area contributed by atoms with Crippen molar-refractivity contribution in [3.8, 4) is 5.75 Å². The molecule has 8 heteroatoms. The highest BCUT2D eigenvalue weighted by Crippen LogP contribution is 2.35. The van der Waals surface area contributed by atoms with Crippen LogP contribution in [0.15, 0.2) is 76.6 Å². The van der Waals surface area contributed by atoms with E-state index in [0.29, 0.717) is 33.9 Å². The second kappa shape index (κ2) is 10.7. The fourth-order valence-electron chi connectivity index (χ4n) is 3.14. The lowest BCUT2D eigenvalue weighted by molar-refractivity contribution is -0.122. The minimum Gasteiger partial charge on any atom is -0.488 e. The molecule has 0 saturated carbocycles. The van der Waals surface area contributed by atoms with Gasteiger partial charge in [-0.1, -0.05) is 35.9 Å². The number of carbonyl (C=O) groups excluding carboxylic acids is 1. The van der Waals surface area contributed by atoms with Gasteiger partial charge < -0.3 is 4.74 Å². The molecule has 168 valence electrons. The van der Waals surface area contributed by atoms with E-state index in [1.807, 2.05) is 55.5 Å². The van der Waals surface area contributed by atoms with E-state index in [2.05, 4.69) is 27.6 Å². The number of amidine groups is 1. The van der Waals surface area contributed by atoms with Crippen molar-refractivity contribution in [2.45, 2.75) is 13.5 Å². The number of halogens is 3. The number of thioether (sulfide) groups is 1. The van der Waals surface area contributed by atoms with Crippen LogP contribution in [0.2, 0.25) is 5.02 Å². The molecule has 0 atom stereocenters. The zero-order valence-electron chi connectivity index (χ0n) is 17.6. The maximum absolute atomic E-state index is 13.2. The van der Waals surface area contributed by atoms with Crippen LogP contribution in [-0.2, 0) is 11.4 Å². The molecule has 4 nitrogen and oxygen atoms in total. The second-order valence-electron chi connectivity index (χ2n) is 7.10. The number of nitrogens with zero attached hydrogens (tertiary/aromatic N) is 2. The van der Waals surface area contributed by atoms with Crippen LogP contribution in [0.1, 0.15) is 18.1 Å². The first-order valence-corrected chi connectivity index (χ1v) is 12.4. The molecule has 0 N–H and O–H groups in total. The van der Waals surface area contributed by atoms with E-state index < -0.39 is 0 Å². The summed E-state index contributed by atoms with van der Waals surface area (Å²) in [7, 11) is 0. The quantitative estimate of drug-likeness (QED) is 0.223. The predicted molar refractivity (Wildman–Crippen MR) is 141 cm³/mol. The van der Waals surface area contributed by atoms with Crippen LogP contribution in [0.25, 0.3) is 6.08 Å². The summed E-state index contributed by atoms with van der Waals surface area (Å²) in [5, 5.41) is 1.25. The summed E-state index contributed by atoms with van der Waals surface area (Å²) in [6, 6.07) is 19.2. The van der Waals surface area contributed by atoms with Gasteiger partial charge in [-0.2, -0.15) is 0 Å². The van der Waals surface area contributed by atoms with E-state index >= 15 is 0 Å². The molecule has 3 aromatic carbocycles. The van der Waals surface area contributed by atoms with Gasteiger partial charge in [-0.25, -0.2) is 9.38 Å². The number of amides is 1. The van der Waals surface area contributed by atoms with Crippen LogP contribution in [0, 0.1) is 9.39 Å². The summed E-state index contributed by atoms with van der Waals surface area (Å²) in [5.41, 5.74) is 2.40. The molecule has 1 aliphatic heterocycles. The van der Waals surface area contributed by atoms with Gasteiger partial charge in [0.15, 0.2) is 5.17 Å². The number of benzene rings is 3. The van der Waals surface area contributed by atoms with E-state index in [0.717, 1.165) is 20.4 Å². The standard InChI is InChI=1S/C25H19ClFIN2O2S/c1-2-30-24(31)23(33-25(30)29-19-10-8-18(27)9-11-19)14-16-7-12-22(21(28)13-16)32-15-17-5-3-4-6-20(17)26/h3-14H,2,15H2,1H3/b23-14+,29-25?. The molecule has 4 rings (SSSR count). The van der Waals surface area contributed by atoms with Crippen LogP contribution in [0.5, 0.6) is 5.75 Å². The largest absolute Gasteiger partial charge is 0.488 e. The molecular formula is C25H19ClFIN2O2S. The maximum atomic E-state index is 13.2. The molecule has 0 bridgehead atoms. The molecule has 1 fully saturated rings. The average Bonchev–Trinajstić information content (AvgIpc) is 3.09. The highest BCUT2D eigenvalue weighted by atomic mass is 127. The van der Waals surface area contributed by atoms with E-state index in [4.69, 9.17) is 16.3 Å². The predicted octanol–water partition coefficient (Wildman–Crippen LogP) is 7.29. The number of ether oxygens (including phenoxy) is 1. The molecule has 0 aromatic heterocycles. The molecular weight excluding hydrogens is 574 g/mol. The number of rotatable bonds is 6. The lowest BCUT2D eigenvalue weighted by Crippen LogP contribution is -2.28. The second-order valence-corrected chi connectivity index (χ2v) is 9.68. The van der Waals surface area contributed by atoms with Gasteiger partial charge in [0.1, 0.15) is 18.2 Å². The normalized spacial score (nSPS) is 16.1. The van der Waals surface area contributed by atoms with Gasteiger partial charge in [-0.3, -0.25) is 9.69 Å². The van der Waals surface area contributed by atoms with Crippen LogP contribution in [-0.4, -0.2) is 22.5 Å². The molecule has 1 saturated heterocycles. The zero-order valence-corrected chi connectivity index (χ0v) is 21.3. The first-order valence-electron chi connectivity index (χ1n) is 10.2. The van der Waals surface area contributed by atoms with Crippen molar-refractivity contribution in [3.05, 3.63) is 97.2 Å². The van der Waals surface area contributed by atoms with Crippen molar-refractivity contribution in [2.24, 2.45) is 4.99 Å². The van der Waals surface area contributed by atoms with Gasteiger partial charge in [-0.05, 0) is 95.4 Å². The first-order chi connectivity index (χ1) is 15.9. The minimum absolute atomic E-state index is 0.0996. The SMILES string of the molecule is CCN1C(=O)/C(=C\c2ccc(OCc3ccccc3Cl)c(I)c2)SC1=Nc1ccc(F)cc1. The molecule has 3 aromatic rings. The Bertz CT molecular complexity index is 1250. The van der Waals surface area contributed by atoms with Crippen molar-refractivity contribution in [1.29, 1.82) is 0 Å². The minimum atomic E-state index is -0.323. The van der Waals surface area contributed by atoms with Crippen molar-refractivity contribution in [2.75, 3.05) is 6.54 Å². The Morgan fingerprint density at radius 1 is 1.15 bits per heavy atom. The number of hydrogen-bond donors (Lipinski definition) is 0. The summed E-state index contributed by atoms with van der Waals surface area (Å²) in [6.45, 7) is 2.77. The Hall–Kier alpha value is -2.36. The van der Waals surface area contributed by atoms with Crippen molar-refractivity contribution >= 4 is 68.8 Å². The Balaban J connectivity index is 1.52.